The second kappa shape index (κ2) is 14.9. The summed E-state index contributed by atoms with van der Waals surface area (Å²) >= 11 is 6.14. The van der Waals surface area contributed by atoms with Gasteiger partial charge in [0.1, 0.15) is 0 Å². The topological polar surface area (TPSA) is 113 Å². The Hall–Kier alpha value is -4.24. The lowest BCUT2D eigenvalue weighted by atomic mass is 9.77. The predicted molar refractivity (Wildman–Crippen MR) is 194 cm³/mol. The molecule has 48 heavy (non-hydrogen) atoms. The fourth-order valence-electron chi connectivity index (χ4n) is 5.97. The van der Waals surface area contributed by atoms with Crippen molar-refractivity contribution in [1.82, 2.24) is 5.32 Å². The zero-order valence-corrected chi connectivity index (χ0v) is 29.0. The van der Waals surface area contributed by atoms with Crippen LogP contribution in [0.15, 0.2) is 97.1 Å². The molecule has 0 saturated carbocycles. The van der Waals surface area contributed by atoms with Crippen LogP contribution in [-0.2, 0) is 21.3 Å². The highest BCUT2D eigenvalue weighted by atomic mass is 35.5. The van der Waals surface area contributed by atoms with Crippen molar-refractivity contribution < 1.29 is 22.6 Å². The van der Waals surface area contributed by atoms with Crippen molar-refractivity contribution >= 4 is 44.8 Å². The molecule has 7 nitrogen and oxygen atoms in total. The number of hydrogen-bond donors (Lipinski definition) is 3. The van der Waals surface area contributed by atoms with Gasteiger partial charge in [0.25, 0.3) is 16.0 Å². The molecule has 1 atom stereocenters. The van der Waals surface area contributed by atoms with Gasteiger partial charge in [-0.1, -0.05) is 86.1 Å². The summed E-state index contributed by atoms with van der Waals surface area (Å²) in [4.78, 5) is 26.4. The summed E-state index contributed by atoms with van der Waals surface area (Å²) in [6.07, 6.45) is 5.93. The molecule has 1 unspecified atom stereocenters. The van der Waals surface area contributed by atoms with Gasteiger partial charge in [0.2, 0.25) is 5.91 Å². The molecule has 0 fully saturated rings. The van der Waals surface area contributed by atoms with Crippen LogP contribution in [-0.4, -0.2) is 37.1 Å². The van der Waals surface area contributed by atoms with Crippen molar-refractivity contribution in [2.24, 2.45) is 5.41 Å². The van der Waals surface area contributed by atoms with Crippen molar-refractivity contribution in [1.29, 1.82) is 0 Å². The highest BCUT2D eigenvalue weighted by molar-refractivity contribution is 7.85. The summed E-state index contributed by atoms with van der Waals surface area (Å²) in [5.74, 6) is -1.67. The standard InChI is InChI=1S/C39H41ClN2O5S/c1-26-24-33(40)14-17-35(26)30-12-15-34(16-13-30)42-38(44)36(31-10-8-28(9-11-31)29-18-20-39(2,3)21-19-29)25-27-4-6-32(7-5-27)37(43)41-22-23-48(45,46)47/h4-18,24,36H,19-23,25H2,1-3H3,(H,41,43)(H,42,44)(H,45,46,47). The monoisotopic (exact) mass is 684 g/mol. The smallest absolute Gasteiger partial charge is 0.266 e. The number of anilines is 1. The first-order valence-electron chi connectivity index (χ1n) is 16.1. The fourth-order valence-corrected chi connectivity index (χ4v) is 6.55. The Balaban J connectivity index is 1.35. The number of carbonyl (C=O) groups is 2. The first-order chi connectivity index (χ1) is 22.8. The van der Waals surface area contributed by atoms with Gasteiger partial charge in [0.15, 0.2) is 0 Å². The van der Waals surface area contributed by atoms with Crippen LogP contribution < -0.4 is 10.6 Å². The molecule has 250 valence electrons. The van der Waals surface area contributed by atoms with Crippen LogP contribution >= 0.6 is 11.6 Å². The van der Waals surface area contributed by atoms with Crippen LogP contribution in [0.2, 0.25) is 5.02 Å². The van der Waals surface area contributed by atoms with E-state index in [-0.39, 0.29) is 12.5 Å². The number of nitrogens with one attached hydrogen (secondary N) is 2. The van der Waals surface area contributed by atoms with Crippen molar-refractivity contribution in [2.45, 2.75) is 52.4 Å². The summed E-state index contributed by atoms with van der Waals surface area (Å²) in [6, 6.07) is 28.7. The summed E-state index contributed by atoms with van der Waals surface area (Å²) in [5.41, 5.74) is 8.76. The van der Waals surface area contributed by atoms with Crippen molar-refractivity contribution in [2.75, 3.05) is 17.6 Å². The van der Waals surface area contributed by atoms with Crippen LogP contribution in [0.25, 0.3) is 16.7 Å². The fraction of sp³-hybridized carbons (Fsp3) is 0.282. The number of rotatable bonds is 11. The third-order valence-corrected chi connectivity index (χ3v) is 9.88. The Labute approximate surface area is 288 Å². The SMILES string of the molecule is Cc1cc(Cl)ccc1-c1ccc(NC(=O)C(Cc2ccc(C(=O)NCCS(=O)(=O)O)cc2)c2ccc(C3=CCC(C)(C)CC3)cc2)cc1. The maximum Gasteiger partial charge on any atom is 0.266 e. The molecule has 2 amide bonds. The molecular weight excluding hydrogens is 644 g/mol. The lowest BCUT2D eigenvalue weighted by molar-refractivity contribution is -0.117. The number of hydrogen-bond acceptors (Lipinski definition) is 4. The van der Waals surface area contributed by atoms with E-state index in [2.05, 4.69) is 42.7 Å². The normalized spacial score (nSPS) is 14.9. The van der Waals surface area contributed by atoms with Crippen LogP contribution in [0.5, 0.6) is 0 Å². The molecule has 9 heteroatoms. The molecule has 0 aromatic heterocycles. The third-order valence-electron chi connectivity index (χ3n) is 8.93. The Kier molecular flexibility index (Phi) is 10.9. The second-order valence-corrected chi connectivity index (χ2v) is 15.2. The van der Waals surface area contributed by atoms with Gasteiger partial charge < -0.3 is 10.6 Å². The Morgan fingerprint density at radius 3 is 2.19 bits per heavy atom. The lowest BCUT2D eigenvalue weighted by Gasteiger charge is -2.28. The number of amides is 2. The molecule has 0 saturated heterocycles. The van der Waals surface area contributed by atoms with Crippen LogP contribution in [0, 0.1) is 12.3 Å². The van der Waals surface area contributed by atoms with E-state index < -0.39 is 27.7 Å². The van der Waals surface area contributed by atoms with Gasteiger partial charge in [-0.25, -0.2) is 0 Å². The molecule has 1 aliphatic carbocycles. The van der Waals surface area contributed by atoms with E-state index in [0.717, 1.165) is 47.1 Å². The zero-order chi connectivity index (χ0) is 34.5. The molecule has 1 aliphatic rings. The summed E-state index contributed by atoms with van der Waals surface area (Å²) < 4.78 is 30.8. The highest BCUT2D eigenvalue weighted by Crippen LogP contribution is 2.38. The Morgan fingerprint density at radius 2 is 1.58 bits per heavy atom. The van der Waals surface area contributed by atoms with E-state index in [1.807, 2.05) is 61.5 Å². The van der Waals surface area contributed by atoms with Gasteiger partial charge in [-0.05, 0) is 113 Å². The van der Waals surface area contributed by atoms with E-state index in [9.17, 15) is 18.0 Å². The van der Waals surface area contributed by atoms with E-state index >= 15 is 0 Å². The van der Waals surface area contributed by atoms with Crippen LogP contribution in [0.1, 0.15) is 71.6 Å². The molecule has 0 spiro atoms. The third kappa shape index (κ3) is 9.43. The zero-order valence-electron chi connectivity index (χ0n) is 27.4. The molecule has 4 aromatic carbocycles. The molecule has 3 N–H and O–H groups in total. The predicted octanol–water partition coefficient (Wildman–Crippen LogP) is 8.49. The Bertz CT molecular complexity index is 1920. The van der Waals surface area contributed by atoms with Gasteiger partial charge in [-0.3, -0.25) is 14.1 Å². The molecular formula is C39H41ClN2O5S. The molecule has 0 heterocycles. The molecule has 0 bridgehead atoms. The van der Waals surface area contributed by atoms with E-state index in [1.54, 1.807) is 24.3 Å². The maximum absolute atomic E-state index is 13.9. The molecule has 5 rings (SSSR count). The molecule has 0 radical (unpaired) electrons. The first kappa shape index (κ1) is 35.1. The minimum Gasteiger partial charge on any atom is -0.351 e. The van der Waals surface area contributed by atoms with Gasteiger partial charge >= 0.3 is 0 Å². The van der Waals surface area contributed by atoms with Gasteiger partial charge in [0.05, 0.1) is 11.7 Å². The minimum atomic E-state index is -4.17. The first-order valence-corrected chi connectivity index (χ1v) is 18.0. The largest absolute Gasteiger partial charge is 0.351 e. The second-order valence-electron chi connectivity index (χ2n) is 13.2. The van der Waals surface area contributed by atoms with E-state index in [1.165, 1.54) is 11.1 Å². The number of aryl methyl sites for hydroxylation is 1. The number of allylic oxidation sites excluding steroid dienone is 2. The van der Waals surface area contributed by atoms with Gasteiger partial charge in [-0.2, -0.15) is 8.42 Å². The van der Waals surface area contributed by atoms with Crippen molar-refractivity contribution in [3.8, 4) is 11.1 Å². The van der Waals surface area contributed by atoms with E-state index in [4.69, 9.17) is 16.2 Å². The number of halogens is 1. The Morgan fingerprint density at radius 1 is 0.917 bits per heavy atom. The highest BCUT2D eigenvalue weighted by Gasteiger charge is 2.24. The van der Waals surface area contributed by atoms with E-state index in [0.29, 0.717) is 28.1 Å². The molecule has 0 aliphatic heterocycles. The minimum absolute atomic E-state index is 0.149. The summed E-state index contributed by atoms with van der Waals surface area (Å²) in [7, 11) is -4.17. The quantitative estimate of drug-likeness (QED) is 0.137. The van der Waals surface area contributed by atoms with Gasteiger partial charge in [-0.15, -0.1) is 0 Å². The molecule has 4 aromatic rings. The van der Waals surface area contributed by atoms with Crippen molar-refractivity contribution in [3.05, 3.63) is 130 Å². The van der Waals surface area contributed by atoms with Crippen molar-refractivity contribution in [3.63, 3.8) is 0 Å². The average molecular weight is 685 g/mol. The summed E-state index contributed by atoms with van der Waals surface area (Å²) in [6.45, 7) is 6.40. The number of carbonyl (C=O) groups excluding carboxylic acids is 2. The maximum atomic E-state index is 13.9. The van der Waals surface area contributed by atoms with Crippen LogP contribution in [0.4, 0.5) is 5.69 Å². The van der Waals surface area contributed by atoms with Crippen LogP contribution in [0.3, 0.4) is 0 Å². The van der Waals surface area contributed by atoms with Gasteiger partial charge in [0, 0.05) is 22.8 Å². The lowest BCUT2D eigenvalue weighted by Crippen LogP contribution is -2.28. The number of benzene rings is 4. The summed E-state index contributed by atoms with van der Waals surface area (Å²) in [5, 5.41) is 6.29. The average Bonchev–Trinajstić information content (AvgIpc) is 3.04.